The topological polar surface area (TPSA) is 17.8 Å². The monoisotopic (exact) mass is 626 g/mol. The molecule has 0 unspecified atom stereocenters. The number of hydrogen-bond donors (Lipinski definition) is 0. The Morgan fingerprint density at radius 2 is 0.878 bits per heavy atom. The highest BCUT2D eigenvalue weighted by Crippen LogP contribution is 2.45. The van der Waals surface area contributed by atoms with Crippen LogP contribution in [0.3, 0.4) is 0 Å². The summed E-state index contributed by atoms with van der Waals surface area (Å²) >= 11 is 0. The molecule has 2 heteroatoms. The predicted molar refractivity (Wildman–Crippen MR) is 207 cm³/mol. The number of fused-ring (bicyclic) bond motifs is 3. The van der Waals surface area contributed by atoms with E-state index >= 15 is 0 Å². The lowest BCUT2D eigenvalue weighted by Crippen LogP contribution is -2.00. The summed E-state index contributed by atoms with van der Waals surface area (Å²) in [4.78, 5) is 4.98. The van der Waals surface area contributed by atoms with E-state index in [1.807, 2.05) is 0 Å². The summed E-state index contributed by atoms with van der Waals surface area (Å²) < 4.78 is 2.32. The molecule has 0 spiro atoms. The van der Waals surface area contributed by atoms with E-state index in [-0.39, 0.29) is 0 Å². The summed E-state index contributed by atoms with van der Waals surface area (Å²) in [6, 6.07) is 63.8. The van der Waals surface area contributed by atoms with Gasteiger partial charge in [0.15, 0.2) is 0 Å². The van der Waals surface area contributed by atoms with E-state index in [1.54, 1.807) is 0 Å². The van der Waals surface area contributed by atoms with Gasteiger partial charge >= 0.3 is 0 Å². The van der Waals surface area contributed by atoms with Gasteiger partial charge in [-0.2, -0.15) is 0 Å². The number of aromatic nitrogens is 2. The molecular formula is C47H34N2. The molecule has 0 bridgehead atoms. The van der Waals surface area contributed by atoms with Gasteiger partial charge < -0.3 is 0 Å². The van der Waals surface area contributed by atoms with Crippen molar-refractivity contribution in [2.75, 3.05) is 0 Å². The SMILES string of the molecule is CCc1nc2ccccc2n1-c1cccc(-c2c3ccccc3c(-c3cc(-c4ccccc4)cc(-c4ccccc4)c3)c3ccccc23)c1. The molecule has 1 aromatic heterocycles. The van der Waals surface area contributed by atoms with Crippen LogP contribution in [0.5, 0.6) is 0 Å². The van der Waals surface area contributed by atoms with Crippen molar-refractivity contribution in [1.82, 2.24) is 9.55 Å². The first-order valence-electron chi connectivity index (χ1n) is 17.0. The van der Waals surface area contributed by atoms with E-state index in [9.17, 15) is 0 Å². The first-order chi connectivity index (χ1) is 24.3. The van der Waals surface area contributed by atoms with Gasteiger partial charge in [0, 0.05) is 12.1 Å². The molecule has 0 N–H and O–H groups in total. The molecule has 0 aliphatic heterocycles. The molecule has 0 saturated carbocycles. The highest BCUT2D eigenvalue weighted by atomic mass is 15.1. The molecule has 0 radical (unpaired) electrons. The van der Waals surface area contributed by atoms with Crippen LogP contribution in [0.1, 0.15) is 12.7 Å². The quantitative estimate of drug-likeness (QED) is 0.168. The molecule has 2 nitrogen and oxygen atoms in total. The first kappa shape index (κ1) is 28.9. The normalized spacial score (nSPS) is 11.4. The largest absolute Gasteiger partial charge is 0.296 e. The number of nitrogens with zero attached hydrogens (tertiary/aromatic N) is 2. The lowest BCUT2D eigenvalue weighted by atomic mass is 9.84. The maximum Gasteiger partial charge on any atom is 0.114 e. The van der Waals surface area contributed by atoms with Gasteiger partial charge in [-0.3, -0.25) is 4.57 Å². The Morgan fingerprint density at radius 1 is 0.408 bits per heavy atom. The molecule has 8 aromatic carbocycles. The van der Waals surface area contributed by atoms with E-state index in [0.29, 0.717) is 0 Å². The third-order valence-electron chi connectivity index (χ3n) is 9.71. The minimum Gasteiger partial charge on any atom is -0.296 e. The molecule has 232 valence electrons. The number of aryl methyl sites for hydroxylation is 1. The number of hydrogen-bond acceptors (Lipinski definition) is 1. The molecule has 0 aliphatic rings. The molecule has 0 aliphatic carbocycles. The summed E-state index contributed by atoms with van der Waals surface area (Å²) in [5.41, 5.74) is 13.0. The van der Waals surface area contributed by atoms with Crippen LogP contribution in [0.25, 0.3) is 82.8 Å². The Kier molecular flexibility index (Phi) is 7.13. The van der Waals surface area contributed by atoms with Crippen molar-refractivity contribution in [3.63, 3.8) is 0 Å². The fraction of sp³-hybridized carbons (Fsp3) is 0.0426. The van der Waals surface area contributed by atoms with Crippen LogP contribution in [0.15, 0.2) is 176 Å². The van der Waals surface area contributed by atoms with Gasteiger partial charge in [0.2, 0.25) is 0 Å². The van der Waals surface area contributed by atoms with Crippen molar-refractivity contribution in [1.29, 1.82) is 0 Å². The second-order valence-electron chi connectivity index (χ2n) is 12.6. The van der Waals surface area contributed by atoms with E-state index < -0.39 is 0 Å². The second kappa shape index (κ2) is 12.1. The van der Waals surface area contributed by atoms with E-state index in [0.717, 1.165) is 29.0 Å². The van der Waals surface area contributed by atoms with Crippen LogP contribution in [0, 0.1) is 0 Å². The molecule has 9 rings (SSSR count). The van der Waals surface area contributed by atoms with Crippen LogP contribution in [-0.2, 0) is 6.42 Å². The van der Waals surface area contributed by atoms with Crippen molar-refractivity contribution in [3.05, 3.63) is 182 Å². The van der Waals surface area contributed by atoms with E-state index in [2.05, 4.69) is 187 Å². The Hall–Kier alpha value is -6.25. The maximum absolute atomic E-state index is 4.98. The Balaban J connectivity index is 1.32. The zero-order valence-corrected chi connectivity index (χ0v) is 27.3. The van der Waals surface area contributed by atoms with Gasteiger partial charge in [0.25, 0.3) is 0 Å². The highest BCUT2D eigenvalue weighted by molar-refractivity contribution is 6.21. The molecule has 1 heterocycles. The zero-order valence-electron chi connectivity index (χ0n) is 27.3. The van der Waals surface area contributed by atoms with Crippen LogP contribution in [-0.4, -0.2) is 9.55 Å². The predicted octanol–water partition coefficient (Wildman–Crippen LogP) is 12.6. The molecular weight excluding hydrogens is 593 g/mol. The molecule has 0 amide bonds. The third-order valence-corrected chi connectivity index (χ3v) is 9.71. The van der Waals surface area contributed by atoms with Crippen molar-refractivity contribution in [2.45, 2.75) is 13.3 Å². The standard InChI is InChI=1S/C47H34N2/c1-2-45-48-43-26-13-14-27-44(43)49(45)38-21-15-20-34(31-38)46-39-22-9-11-24-41(39)47(42-25-12-10-23-40(42)46)37-29-35(32-16-5-3-6-17-32)28-36(30-37)33-18-7-4-8-19-33/h3-31H,2H2,1H3. The van der Waals surface area contributed by atoms with Crippen LogP contribution < -0.4 is 0 Å². The van der Waals surface area contributed by atoms with Crippen LogP contribution in [0.4, 0.5) is 0 Å². The Labute approximate surface area is 286 Å². The number of rotatable bonds is 6. The van der Waals surface area contributed by atoms with Crippen molar-refractivity contribution in [3.8, 4) is 50.2 Å². The zero-order chi connectivity index (χ0) is 32.7. The second-order valence-corrected chi connectivity index (χ2v) is 12.6. The van der Waals surface area contributed by atoms with Gasteiger partial charge in [0.1, 0.15) is 5.82 Å². The highest BCUT2D eigenvalue weighted by Gasteiger charge is 2.19. The number of para-hydroxylation sites is 2. The summed E-state index contributed by atoms with van der Waals surface area (Å²) in [6.45, 7) is 2.18. The van der Waals surface area contributed by atoms with E-state index in [1.165, 1.54) is 66.1 Å². The number of imidazole rings is 1. The summed E-state index contributed by atoms with van der Waals surface area (Å²) in [7, 11) is 0. The lowest BCUT2D eigenvalue weighted by molar-refractivity contribution is 0.908. The minimum absolute atomic E-state index is 0.854. The number of benzene rings is 8. The van der Waals surface area contributed by atoms with Gasteiger partial charge in [-0.05, 0) is 109 Å². The van der Waals surface area contributed by atoms with Crippen LogP contribution in [0.2, 0.25) is 0 Å². The molecule has 49 heavy (non-hydrogen) atoms. The molecule has 0 fully saturated rings. The fourth-order valence-electron chi connectivity index (χ4n) is 7.52. The van der Waals surface area contributed by atoms with Crippen LogP contribution >= 0.6 is 0 Å². The molecule has 0 atom stereocenters. The van der Waals surface area contributed by atoms with Gasteiger partial charge in [-0.25, -0.2) is 4.98 Å². The van der Waals surface area contributed by atoms with Crippen molar-refractivity contribution < 1.29 is 0 Å². The van der Waals surface area contributed by atoms with Crippen molar-refractivity contribution >= 4 is 32.6 Å². The Bertz CT molecular complexity index is 2520. The smallest absolute Gasteiger partial charge is 0.114 e. The van der Waals surface area contributed by atoms with Crippen molar-refractivity contribution in [2.24, 2.45) is 0 Å². The summed E-state index contributed by atoms with van der Waals surface area (Å²) in [5, 5.41) is 4.97. The van der Waals surface area contributed by atoms with Gasteiger partial charge in [-0.15, -0.1) is 0 Å². The lowest BCUT2D eigenvalue weighted by Gasteiger charge is -2.20. The van der Waals surface area contributed by atoms with E-state index in [4.69, 9.17) is 4.98 Å². The fourth-order valence-corrected chi connectivity index (χ4v) is 7.52. The Morgan fingerprint density at radius 3 is 1.45 bits per heavy atom. The maximum atomic E-state index is 4.98. The average Bonchev–Trinajstić information content (AvgIpc) is 3.56. The summed E-state index contributed by atoms with van der Waals surface area (Å²) in [6.07, 6.45) is 0.854. The average molecular weight is 627 g/mol. The van der Waals surface area contributed by atoms with Gasteiger partial charge in [-0.1, -0.05) is 140 Å². The minimum atomic E-state index is 0.854. The molecule has 9 aromatic rings. The third kappa shape index (κ3) is 5.01. The summed E-state index contributed by atoms with van der Waals surface area (Å²) in [5.74, 6) is 1.07. The molecule has 0 saturated heterocycles. The van der Waals surface area contributed by atoms with Gasteiger partial charge in [0.05, 0.1) is 11.0 Å². The first-order valence-corrected chi connectivity index (χ1v) is 17.0.